The monoisotopic (exact) mass is 264 g/mol. The minimum Gasteiger partial charge on any atom is -0.348 e. The van der Waals surface area contributed by atoms with E-state index in [1.165, 1.54) is 4.88 Å². The van der Waals surface area contributed by atoms with E-state index in [-0.39, 0.29) is 6.04 Å². The second-order valence-electron chi connectivity index (χ2n) is 4.80. The molecule has 4 nitrogen and oxygen atoms in total. The van der Waals surface area contributed by atoms with Crippen molar-refractivity contribution in [2.45, 2.75) is 46.7 Å². The maximum Gasteiger partial charge on any atom is 0.203 e. The van der Waals surface area contributed by atoms with E-state index < -0.39 is 0 Å². The van der Waals surface area contributed by atoms with Crippen LogP contribution in [0.1, 0.15) is 48.4 Å². The molecular formula is C13H20N4S. The average molecular weight is 264 g/mol. The van der Waals surface area contributed by atoms with Gasteiger partial charge in [-0.05, 0) is 34.6 Å². The van der Waals surface area contributed by atoms with Crippen LogP contribution >= 0.6 is 11.3 Å². The zero-order valence-corrected chi connectivity index (χ0v) is 12.4. The standard InChI is InChI=1S/C13H20N4S/c1-8(2)17-7-6-14-13(17)16-10(4)12-9(3)15-11(5)18-12/h6-8,10H,1-5H3,(H,14,16). The van der Waals surface area contributed by atoms with Crippen LogP contribution in [0.25, 0.3) is 0 Å². The summed E-state index contributed by atoms with van der Waals surface area (Å²) in [6.07, 6.45) is 3.84. The van der Waals surface area contributed by atoms with Gasteiger partial charge >= 0.3 is 0 Å². The molecule has 98 valence electrons. The van der Waals surface area contributed by atoms with Gasteiger partial charge in [0.25, 0.3) is 0 Å². The van der Waals surface area contributed by atoms with Gasteiger partial charge in [-0.25, -0.2) is 9.97 Å². The molecule has 2 aromatic rings. The van der Waals surface area contributed by atoms with E-state index in [0.717, 1.165) is 16.6 Å². The van der Waals surface area contributed by atoms with Crippen LogP contribution in [0.15, 0.2) is 12.4 Å². The third-order valence-corrected chi connectivity index (χ3v) is 4.16. The molecule has 2 heterocycles. The summed E-state index contributed by atoms with van der Waals surface area (Å²) < 4.78 is 2.14. The summed E-state index contributed by atoms with van der Waals surface area (Å²) in [7, 11) is 0. The van der Waals surface area contributed by atoms with E-state index >= 15 is 0 Å². The largest absolute Gasteiger partial charge is 0.348 e. The van der Waals surface area contributed by atoms with Crippen LogP contribution in [-0.4, -0.2) is 14.5 Å². The van der Waals surface area contributed by atoms with Gasteiger partial charge in [0.05, 0.1) is 16.7 Å². The van der Waals surface area contributed by atoms with Crippen molar-refractivity contribution in [1.82, 2.24) is 14.5 Å². The lowest BCUT2D eigenvalue weighted by Crippen LogP contribution is -2.12. The molecular weight excluding hydrogens is 244 g/mol. The van der Waals surface area contributed by atoms with Crippen LogP contribution in [-0.2, 0) is 0 Å². The van der Waals surface area contributed by atoms with Crippen molar-refractivity contribution >= 4 is 17.3 Å². The summed E-state index contributed by atoms with van der Waals surface area (Å²) in [5.74, 6) is 0.919. The lowest BCUT2D eigenvalue weighted by molar-refractivity contribution is 0.601. The Morgan fingerprint density at radius 3 is 2.56 bits per heavy atom. The average Bonchev–Trinajstić information content (AvgIpc) is 2.85. The van der Waals surface area contributed by atoms with Crippen molar-refractivity contribution in [3.05, 3.63) is 28.0 Å². The molecule has 18 heavy (non-hydrogen) atoms. The highest BCUT2D eigenvalue weighted by Crippen LogP contribution is 2.27. The summed E-state index contributed by atoms with van der Waals surface area (Å²) in [5.41, 5.74) is 1.11. The second-order valence-corrected chi connectivity index (χ2v) is 6.04. The summed E-state index contributed by atoms with van der Waals surface area (Å²) in [5, 5.41) is 4.58. The van der Waals surface area contributed by atoms with Crippen molar-refractivity contribution in [3.63, 3.8) is 0 Å². The van der Waals surface area contributed by atoms with Gasteiger partial charge in [0, 0.05) is 23.3 Å². The molecule has 2 rings (SSSR count). The molecule has 0 aromatic carbocycles. The SMILES string of the molecule is Cc1nc(C)c(C(C)Nc2nccn2C(C)C)s1. The molecule has 0 radical (unpaired) electrons. The summed E-state index contributed by atoms with van der Waals surface area (Å²) in [4.78, 5) is 10.1. The predicted octanol–water partition coefficient (Wildman–Crippen LogP) is 3.71. The summed E-state index contributed by atoms with van der Waals surface area (Å²) in [6.45, 7) is 10.6. The van der Waals surface area contributed by atoms with Crippen LogP contribution in [0.5, 0.6) is 0 Å². The molecule has 0 aliphatic heterocycles. The fraction of sp³-hybridized carbons (Fsp3) is 0.538. The fourth-order valence-corrected chi connectivity index (χ4v) is 2.98. The van der Waals surface area contributed by atoms with E-state index in [1.807, 2.05) is 19.3 Å². The van der Waals surface area contributed by atoms with Crippen LogP contribution in [0.4, 0.5) is 5.95 Å². The maximum atomic E-state index is 4.47. The van der Waals surface area contributed by atoms with Crippen LogP contribution in [0.3, 0.4) is 0 Å². The number of rotatable bonds is 4. The zero-order valence-electron chi connectivity index (χ0n) is 11.6. The van der Waals surface area contributed by atoms with Crippen molar-refractivity contribution in [1.29, 1.82) is 0 Å². The van der Waals surface area contributed by atoms with Gasteiger partial charge in [-0.1, -0.05) is 0 Å². The van der Waals surface area contributed by atoms with E-state index in [1.54, 1.807) is 11.3 Å². The second kappa shape index (κ2) is 5.10. The summed E-state index contributed by atoms with van der Waals surface area (Å²) >= 11 is 1.75. The first-order valence-electron chi connectivity index (χ1n) is 6.22. The van der Waals surface area contributed by atoms with Gasteiger partial charge in [0.2, 0.25) is 5.95 Å². The number of hydrogen-bond acceptors (Lipinski definition) is 4. The van der Waals surface area contributed by atoms with Crippen LogP contribution in [0.2, 0.25) is 0 Å². The molecule has 1 atom stereocenters. The molecule has 0 saturated carbocycles. The van der Waals surface area contributed by atoms with Gasteiger partial charge in [-0.15, -0.1) is 11.3 Å². The Morgan fingerprint density at radius 1 is 1.28 bits per heavy atom. The van der Waals surface area contributed by atoms with Crippen LogP contribution < -0.4 is 5.32 Å². The number of nitrogens with zero attached hydrogens (tertiary/aromatic N) is 3. The Balaban J connectivity index is 2.18. The smallest absolute Gasteiger partial charge is 0.203 e. The first-order valence-corrected chi connectivity index (χ1v) is 7.04. The molecule has 0 fully saturated rings. The van der Waals surface area contributed by atoms with Crippen LogP contribution in [0, 0.1) is 13.8 Å². The number of imidazole rings is 1. The molecule has 2 aromatic heterocycles. The quantitative estimate of drug-likeness (QED) is 0.915. The Bertz CT molecular complexity index is 527. The lowest BCUT2D eigenvalue weighted by Gasteiger charge is -2.17. The molecule has 1 unspecified atom stereocenters. The Morgan fingerprint density at radius 2 is 2.00 bits per heavy atom. The Hall–Kier alpha value is -1.36. The zero-order chi connectivity index (χ0) is 13.3. The molecule has 0 bridgehead atoms. The number of anilines is 1. The number of aryl methyl sites for hydroxylation is 2. The molecule has 0 spiro atoms. The highest BCUT2D eigenvalue weighted by molar-refractivity contribution is 7.11. The highest BCUT2D eigenvalue weighted by Gasteiger charge is 2.15. The molecule has 0 aliphatic carbocycles. The van der Waals surface area contributed by atoms with Crippen molar-refractivity contribution < 1.29 is 0 Å². The topological polar surface area (TPSA) is 42.7 Å². The number of aromatic nitrogens is 3. The maximum absolute atomic E-state index is 4.47. The molecule has 5 heteroatoms. The van der Waals surface area contributed by atoms with Gasteiger partial charge in [0.15, 0.2) is 0 Å². The summed E-state index contributed by atoms with van der Waals surface area (Å²) in [6, 6.07) is 0.641. The third kappa shape index (κ3) is 2.56. The highest BCUT2D eigenvalue weighted by atomic mass is 32.1. The Kier molecular flexibility index (Phi) is 3.71. The minimum absolute atomic E-state index is 0.232. The lowest BCUT2D eigenvalue weighted by atomic mass is 10.2. The van der Waals surface area contributed by atoms with E-state index in [0.29, 0.717) is 6.04 Å². The van der Waals surface area contributed by atoms with E-state index in [2.05, 4.69) is 47.5 Å². The first-order chi connectivity index (χ1) is 8.49. The van der Waals surface area contributed by atoms with E-state index in [9.17, 15) is 0 Å². The van der Waals surface area contributed by atoms with Crippen molar-refractivity contribution in [2.24, 2.45) is 0 Å². The van der Waals surface area contributed by atoms with E-state index in [4.69, 9.17) is 0 Å². The molecule has 1 N–H and O–H groups in total. The van der Waals surface area contributed by atoms with Gasteiger partial charge in [-0.3, -0.25) is 0 Å². The number of thiazole rings is 1. The number of nitrogens with one attached hydrogen (secondary N) is 1. The van der Waals surface area contributed by atoms with Crippen molar-refractivity contribution in [2.75, 3.05) is 5.32 Å². The third-order valence-electron chi connectivity index (χ3n) is 2.90. The predicted molar refractivity (Wildman–Crippen MR) is 76.2 cm³/mol. The minimum atomic E-state index is 0.232. The molecule has 0 aliphatic rings. The van der Waals surface area contributed by atoms with Gasteiger partial charge in [0.1, 0.15) is 0 Å². The molecule has 0 saturated heterocycles. The normalized spacial score (nSPS) is 13.0. The first kappa shape index (κ1) is 13.1. The van der Waals surface area contributed by atoms with Crippen molar-refractivity contribution in [3.8, 4) is 0 Å². The molecule has 0 amide bonds. The number of hydrogen-bond donors (Lipinski definition) is 1. The van der Waals surface area contributed by atoms with Gasteiger partial charge in [-0.2, -0.15) is 0 Å². The Labute approximate surface area is 112 Å². The van der Waals surface area contributed by atoms with Gasteiger partial charge < -0.3 is 9.88 Å². The fourth-order valence-electron chi connectivity index (χ4n) is 2.05.